The Bertz CT molecular complexity index is 951. The molecule has 1 heterocycles. The van der Waals surface area contributed by atoms with Crippen molar-refractivity contribution in [1.82, 2.24) is 5.32 Å². The standard InChI is InChI=1S/C20H17NO5S/c1-3-25-16-10-13(11-17-18(22)21-20(24)27-17)7-8-15(16)26-19(23)14-6-4-5-12(2)9-14/h4-11H,3H2,1-2H3,(H,21,22,24). The van der Waals surface area contributed by atoms with Crippen LogP contribution in [0.5, 0.6) is 11.5 Å². The molecule has 138 valence electrons. The largest absolute Gasteiger partial charge is 0.490 e. The number of benzene rings is 2. The molecular weight excluding hydrogens is 366 g/mol. The Labute approximate surface area is 160 Å². The summed E-state index contributed by atoms with van der Waals surface area (Å²) in [5.41, 5.74) is 2.06. The first-order chi connectivity index (χ1) is 13.0. The second-order valence-corrected chi connectivity index (χ2v) is 6.77. The van der Waals surface area contributed by atoms with Gasteiger partial charge in [0, 0.05) is 0 Å². The van der Waals surface area contributed by atoms with E-state index < -0.39 is 17.1 Å². The van der Waals surface area contributed by atoms with Crippen LogP contribution >= 0.6 is 11.8 Å². The summed E-state index contributed by atoms with van der Waals surface area (Å²) in [4.78, 5) is 35.6. The zero-order chi connectivity index (χ0) is 19.4. The maximum Gasteiger partial charge on any atom is 0.343 e. The number of ether oxygens (including phenoxy) is 2. The van der Waals surface area contributed by atoms with Crippen LogP contribution in [0.25, 0.3) is 6.08 Å². The van der Waals surface area contributed by atoms with E-state index in [1.165, 1.54) is 0 Å². The van der Waals surface area contributed by atoms with E-state index in [0.717, 1.165) is 17.3 Å². The molecule has 6 nitrogen and oxygen atoms in total. The third-order valence-corrected chi connectivity index (χ3v) is 4.47. The average Bonchev–Trinajstić information content (AvgIpc) is 2.94. The van der Waals surface area contributed by atoms with Crippen molar-refractivity contribution in [1.29, 1.82) is 0 Å². The smallest absolute Gasteiger partial charge is 0.343 e. The van der Waals surface area contributed by atoms with Gasteiger partial charge in [-0.15, -0.1) is 0 Å². The Balaban J connectivity index is 1.85. The number of esters is 1. The molecular formula is C20H17NO5S. The van der Waals surface area contributed by atoms with Crippen molar-refractivity contribution in [3.63, 3.8) is 0 Å². The molecule has 27 heavy (non-hydrogen) atoms. The monoisotopic (exact) mass is 383 g/mol. The molecule has 2 aromatic rings. The quantitative estimate of drug-likeness (QED) is 0.478. The molecule has 1 saturated heterocycles. The molecule has 1 aliphatic heterocycles. The summed E-state index contributed by atoms with van der Waals surface area (Å²) in [6.45, 7) is 4.09. The Morgan fingerprint density at radius 1 is 1.15 bits per heavy atom. The molecule has 0 aliphatic carbocycles. The molecule has 0 bridgehead atoms. The van der Waals surface area contributed by atoms with Crippen molar-refractivity contribution < 1.29 is 23.9 Å². The number of carbonyl (C=O) groups is 3. The lowest BCUT2D eigenvalue weighted by Crippen LogP contribution is -2.17. The molecule has 1 aliphatic rings. The zero-order valence-electron chi connectivity index (χ0n) is 14.8. The van der Waals surface area contributed by atoms with Gasteiger partial charge in [0.1, 0.15) is 0 Å². The van der Waals surface area contributed by atoms with E-state index in [0.29, 0.717) is 28.4 Å². The number of carbonyl (C=O) groups excluding carboxylic acids is 3. The molecule has 1 N–H and O–H groups in total. The van der Waals surface area contributed by atoms with E-state index in [2.05, 4.69) is 5.32 Å². The van der Waals surface area contributed by atoms with Gasteiger partial charge in [0.25, 0.3) is 11.1 Å². The summed E-state index contributed by atoms with van der Waals surface area (Å²) in [5, 5.41) is 1.80. The van der Waals surface area contributed by atoms with Gasteiger partial charge in [-0.25, -0.2) is 4.79 Å². The fraction of sp³-hybridized carbons (Fsp3) is 0.150. The lowest BCUT2D eigenvalue weighted by molar-refractivity contribution is -0.115. The number of imide groups is 1. The number of rotatable bonds is 5. The van der Waals surface area contributed by atoms with E-state index >= 15 is 0 Å². The van der Waals surface area contributed by atoms with E-state index in [1.807, 2.05) is 19.9 Å². The first-order valence-electron chi connectivity index (χ1n) is 8.27. The van der Waals surface area contributed by atoms with Crippen molar-refractivity contribution in [2.75, 3.05) is 6.61 Å². The number of hydrogen-bond acceptors (Lipinski definition) is 6. The van der Waals surface area contributed by atoms with E-state index in [-0.39, 0.29) is 5.75 Å². The molecule has 0 atom stereocenters. The first-order valence-corrected chi connectivity index (χ1v) is 9.08. The van der Waals surface area contributed by atoms with Crippen molar-refractivity contribution in [3.05, 3.63) is 64.1 Å². The van der Waals surface area contributed by atoms with Crippen LogP contribution in [0.1, 0.15) is 28.4 Å². The van der Waals surface area contributed by atoms with Crippen LogP contribution in [0.15, 0.2) is 47.4 Å². The van der Waals surface area contributed by atoms with Gasteiger partial charge in [0.15, 0.2) is 11.5 Å². The van der Waals surface area contributed by atoms with Crippen LogP contribution in [0.3, 0.4) is 0 Å². The molecule has 0 unspecified atom stereocenters. The van der Waals surface area contributed by atoms with Gasteiger partial charge in [-0.1, -0.05) is 23.8 Å². The van der Waals surface area contributed by atoms with Gasteiger partial charge in [-0.3, -0.25) is 14.9 Å². The molecule has 0 radical (unpaired) electrons. The Morgan fingerprint density at radius 2 is 1.96 bits per heavy atom. The molecule has 0 aromatic heterocycles. The molecule has 7 heteroatoms. The minimum atomic E-state index is -0.484. The highest BCUT2D eigenvalue weighted by Gasteiger charge is 2.25. The normalized spacial score (nSPS) is 15.0. The van der Waals surface area contributed by atoms with Crippen molar-refractivity contribution >= 4 is 35.0 Å². The molecule has 2 amide bonds. The third-order valence-electron chi connectivity index (χ3n) is 3.66. The topological polar surface area (TPSA) is 81.7 Å². The van der Waals surface area contributed by atoms with E-state index in [4.69, 9.17) is 9.47 Å². The van der Waals surface area contributed by atoms with E-state index in [1.54, 1.807) is 42.5 Å². The van der Waals surface area contributed by atoms with Gasteiger partial charge in [-0.2, -0.15) is 0 Å². The Morgan fingerprint density at radius 3 is 2.63 bits per heavy atom. The van der Waals surface area contributed by atoms with Crippen LogP contribution in [0.4, 0.5) is 4.79 Å². The van der Waals surface area contributed by atoms with Crippen LogP contribution in [0.2, 0.25) is 0 Å². The summed E-state index contributed by atoms with van der Waals surface area (Å²) in [6.07, 6.45) is 1.58. The van der Waals surface area contributed by atoms with E-state index in [9.17, 15) is 14.4 Å². The number of hydrogen-bond donors (Lipinski definition) is 1. The second kappa shape index (κ2) is 8.09. The predicted octanol–water partition coefficient (Wildman–Crippen LogP) is 3.94. The summed E-state index contributed by atoms with van der Waals surface area (Å²) in [6, 6.07) is 12.1. The highest BCUT2D eigenvalue weighted by molar-refractivity contribution is 8.18. The third kappa shape index (κ3) is 4.57. The fourth-order valence-corrected chi connectivity index (χ4v) is 3.15. The second-order valence-electron chi connectivity index (χ2n) is 5.75. The molecule has 2 aromatic carbocycles. The highest BCUT2D eigenvalue weighted by Crippen LogP contribution is 2.32. The SMILES string of the molecule is CCOc1cc(C=C2SC(=O)NC2=O)ccc1OC(=O)c1cccc(C)c1. The highest BCUT2D eigenvalue weighted by atomic mass is 32.2. The zero-order valence-corrected chi connectivity index (χ0v) is 15.6. The van der Waals surface area contributed by atoms with Crippen molar-refractivity contribution in [2.45, 2.75) is 13.8 Å². The number of aryl methyl sites for hydroxylation is 1. The minimum absolute atomic E-state index is 0.283. The minimum Gasteiger partial charge on any atom is -0.490 e. The summed E-state index contributed by atoms with van der Waals surface area (Å²) in [7, 11) is 0. The van der Waals surface area contributed by atoms with Crippen LogP contribution in [-0.4, -0.2) is 23.7 Å². The van der Waals surface area contributed by atoms with Gasteiger partial charge in [-0.05, 0) is 61.5 Å². The van der Waals surface area contributed by atoms with Crippen LogP contribution in [-0.2, 0) is 4.79 Å². The van der Waals surface area contributed by atoms with Gasteiger partial charge < -0.3 is 9.47 Å². The number of thioether (sulfide) groups is 1. The molecule has 1 fully saturated rings. The Kier molecular flexibility index (Phi) is 5.61. The maximum atomic E-state index is 12.4. The van der Waals surface area contributed by atoms with Gasteiger partial charge >= 0.3 is 5.97 Å². The number of amides is 2. The molecule has 3 rings (SSSR count). The molecule has 0 spiro atoms. The lowest BCUT2D eigenvalue weighted by atomic mass is 10.1. The van der Waals surface area contributed by atoms with Crippen LogP contribution in [0, 0.1) is 6.92 Å². The first kappa shape index (κ1) is 18.7. The van der Waals surface area contributed by atoms with Gasteiger partial charge in [0.05, 0.1) is 17.1 Å². The summed E-state index contributed by atoms with van der Waals surface area (Å²) >= 11 is 0.837. The van der Waals surface area contributed by atoms with Crippen LogP contribution < -0.4 is 14.8 Å². The molecule has 0 saturated carbocycles. The van der Waals surface area contributed by atoms with Crippen molar-refractivity contribution in [2.24, 2.45) is 0 Å². The summed E-state index contributed by atoms with van der Waals surface area (Å²) < 4.78 is 11.0. The fourth-order valence-electron chi connectivity index (χ4n) is 2.47. The maximum absolute atomic E-state index is 12.4. The van der Waals surface area contributed by atoms with Gasteiger partial charge in [0.2, 0.25) is 0 Å². The number of nitrogens with one attached hydrogen (secondary N) is 1. The summed E-state index contributed by atoms with van der Waals surface area (Å²) in [5.74, 6) is -0.257. The Hall–Kier alpha value is -3.06. The average molecular weight is 383 g/mol. The lowest BCUT2D eigenvalue weighted by Gasteiger charge is -2.12. The predicted molar refractivity (Wildman–Crippen MR) is 103 cm³/mol. The van der Waals surface area contributed by atoms with Crippen molar-refractivity contribution in [3.8, 4) is 11.5 Å².